The summed E-state index contributed by atoms with van der Waals surface area (Å²) in [6.07, 6.45) is 6.41. The molecule has 0 radical (unpaired) electrons. The average molecular weight is 353 g/mol. The van der Waals surface area contributed by atoms with Gasteiger partial charge < -0.3 is 11.1 Å². The Labute approximate surface area is 135 Å². The summed E-state index contributed by atoms with van der Waals surface area (Å²) in [5.74, 6) is 0.0829. The van der Waals surface area contributed by atoms with Gasteiger partial charge in [0.15, 0.2) is 0 Å². The second-order valence-electron chi connectivity index (χ2n) is 6.29. The van der Waals surface area contributed by atoms with Crippen LogP contribution in [0.5, 0.6) is 0 Å². The predicted molar refractivity (Wildman–Crippen MR) is 91.4 cm³/mol. The van der Waals surface area contributed by atoms with E-state index < -0.39 is 5.41 Å². The van der Waals surface area contributed by atoms with Crippen LogP contribution in [0, 0.1) is 19.3 Å². The van der Waals surface area contributed by atoms with E-state index in [1.807, 2.05) is 13.0 Å². The number of halogens is 1. The first-order valence-corrected chi connectivity index (χ1v) is 8.56. The molecule has 0 atom stereocenters. The molecule has 0 aromatic heterocycles. The third-order valence-electron chi connectivity index (χ3n) is 4.60. The number of hydrogen-bond acceptors (Lipinski definition) is 2. The molecule has 3 N–H and O–H groups in total. The number of aryl methyl sites for hydroxylation is 2. The molecule has 0 unspecified atom stereocenters. The zero-order valence-corrected chi connectivity index (χ0v) is 14.6. The molecule has 1 aromatic rings. The highest BCUT2D eigenvalue weighted by molar-refractivity contribution is 9.10. The number of nitrogens with two attached hydrogens (primary N) is 1. The maximum Gasteiger partial charge on any atom is 0.231 e. The van der Waals surface area contributed by atoms with Crippen molar-refractivity contribution in [2.45, 2.75) is 52.4 Å². The van der Waals surface area contributed by atoms with Crippen LogP contribution in [-0.2, 0) is 4.79 Å². The quantitative estimate of drug-likeness (QED) is 0.796. The van der Waals surface area contributed by atoms with E-state index in [1.165, 1.54) is 18.4 Å². The third-order valence-corrected chi connectivity index (χ3v) is 5.23. The molecule has 3 nitrogen and oxygen atoms in total. The maximum atomic E-state index is 12.9. The van der Waals surface area contributed by atoms with Crippen molar-refractivity contribution in [3.63, 3.8) is 0 Å². The zero-order valence-electron chi connectivity index (χ0n) is 13.0. The smallest absolute Gasteiger partial charge is 0.231 e. The number of nitrogens with one attached hydrogen (secondary N) is 1. The van der Waals surface area contributed by atoms with Gasteiger partial charge >= 0.3 is 0 Å². The summed E-state index contributed by atoms with van der Waals surface area (Å²) in [6.45, 7) is 4.51. The molecule has 1 aliphatic rings. The summed E-state index contributed by atoms with van der Waals surface area (Å²) >= 11 is 3.56. The van der Waals surface area contributed by atoms with Gasteiger partial charge in [0.25, 0.3) is 0 Å². The Morgan fingerprint density at radius 1 is 1.24 bits per heavy atom. The Morgan fingerprint density at radius 2 is 1.86 bits per heavy atom. The maximum absolute atomic E-state index is 12.9. The first-order chi connectivity index (χ1) is 9.98. The summed E-state index contributed by atoms with van der Waals surface area (Å²) in [5, 5.41) is 3.13. The van der Waals surface area contributed by atoms with Gasteiger partial charge in [-0.1, -0.05) is 31.7 Å². The topological polar surface area (TPSA) is 55.1 Å². The van der Waals surface area contributed by atoms with E-state index in [4.69, 9.17) is 5.73 Å². The van der Waals surface area contributed by atoms with Crippen molar-refractivity contribution < 1.29 is 4.79 Å². The lowest BCUT2D eigenvalue weighted by Crippen LogP contribution is -2.42. The molecule has 1 fully saturated rings. The summed E-state index contributed by atoms with van der Waals surface area (Å²) < 4.78 is 0.939. The Bertz CT molecular complexity index is 497. The van der Waals surface area contributed by atoms with Crippen LogP contribution in [0.4, 0.5) is 5.69 Å². The minimum atomic E-state index is -0.396. The molecule has 21 heavy (non-hydrogen) atoms. The van der Waals surface area contributed by atoms with Crippen LogP contribution < -0.4 is 11.1 Å². The summed E-state index contributed by atoms with van der Waals surface area (Å²) in [5.41, 5.74) is 8.73. The molecule has 0 aliphatic heterocycles. The fourth-order valence-corrected chi connectivity index (χ4v) is 4.02. The Morgan fingerprint density at radius 3 is 2.38 bits per heavy atom. The molecule has 4 heteroatoms. The summed E-state index contributed by atoms with van der Waals surface area (Å²) in [6, 6.07) is 4.12. The van der Waals surface area contributed by atoms with Gasteiger partial charge in [0.2, 0.25) is 5.91 Å². The van der Waals surface area contributed by atoms with Crippen molar-refractivity contribution >= 4 is 27.5 Å². The van der Waals surface area contributed by atoms with E-state index >= 15 is 0 Å². The van der Waals surface area contributed by atoms with Gasteiger partial charge in [-0.3, -0.25) is 4.79 Å². The number of carbonyl (C=O) groups is 1. The molecule has 1 saturated carbocycles. The van der Waals surface area contributed by atoms with Gasteiger partial charge in [0.05, 0.1) is 11.1 Å². The minimum absolute atomic E-state index is 0.0829. The largest absolute Gasteiger partial charge is 0.329 e. The average Bonchev–Trinajstić information content (AvgIpc) is 2.68. The van der Waals surface area contributed by atoms with Crippen molar-refractivity contribution in [3.05, 3.63) is 27.7 Å². The highest BCUT2D eigenvalue weighted by Gasteiger charge is 2.37. The number of rotatable bonds is 3. The normalized spacial score (nSPS) is 18.1. The van der Waals surface area contributed by atoms with Crippen LogP contribution in [0.2, 0.25) is 0 Å². The molecule has 0 spiro atoms. The first-order valence-electron chi connectivity index (χ1n) is 7.77. The minimum Gasteiger partial charge on any atom is -0.329 e. The van der Waals surface area contributed by atoms with Crippen LogP contribution in [0.25, 0.3) is 0 Å². The molecule has 1 aliphatic carbocycles. The SMILES string of the molecule is Cc1cc(C)c(NC(=O)C2(CN)CCCCCC2)c(Br)c1. The molecule has 0 saturated heterocycles. The summed E-state index contributed by atoms with van der Waals surface area (Å²) in [4.78, 5) is 12.9. The fraction of sp³-hybridized carbons (Fsp3) is 0.588. The van der Waals surface area contributed by atoms with Crippen LogP contribution in [-0.4, -0.2) is 12.5 Å². The third kappa shape index (κ3) is 3.67. The lowest BCUT2D eigenvalue weighted by Gasteiger charge is -2.30. The molecule has 116 valence electrons. The van der Waals surface area contributed by atoms with Gasteiger partial charge in [0.1, 0.15) is 0 Å². The number of amides is 1. The lowest BCUT2D eigenvalue weighted by atomic mass is 9.79. The Balaban J connectivity index is 2.23. The Hall–Kier alpha value is -0.870. The van der Waals surface area contributed by atoms with E-state index in [9.17, 15) is 4.79 Å². The predicted octanol–water partition coefficient (Wildman–Crippen LogP) is 4.30. The van der Waals surface area contributed by atoms with E-state index in [0.717, 1.165) is 41.4 Å². The number of hydrogen-bond donors (Lipinski definition) is 2. The molecule has 0 bridgehead atoms. The molecular formula is C17H25BrN2O. The second-order valence-corrected chi connectivity index (χ2v) is 7.15. The van der Waals surface area contributed by atoms with Crippen molar-refractivity contribution in [1.82, 2.24) is 0 Å². The van der Waals surface area contributed by atoms with E-state index in [1.54, 1.807) is 0 Å². The van der Waals surface area contributed by atoms with Crippen LogP contribution in [0.3, 0.4) is 0 Å². The number of carbonyl (C=O) groups excluding carboxylic acids is 1. The molecular weight excluding hydrogens is 328 g/mol. The zero-order chi connectivity index (χ0) is 15.5. The van der Waals surface area contributed by atoms with E-state index in [0.29, 0.717) is 6.54 Å². The fourth-order valence-electron chi connectivity index (χ4n) is 3.25. The first kappa shape index (κ1) is 16.5. The molecule has 1 aromatic carbocycles. The second kappa shape index (κ2) is 6.93. The van der Waals surface area contributed by atoms with E-state index in [2.05, 4.69) is 34.2 Å². The van der Waals surface area contributed by atoms with Crippen molar-refractivity contribution in [2.24, 2.45) is 11.1 Å². The highest BCUT2D eigenvalue weighted by Crippen LogP contribution is 2.37. The number of anilines is 1. The molecule has 0 heterocycles. The van der Waals surface area contributed by atoms with Gasteiger partial charge in [-0.2, -0.15) is 0 Å². The van der Waals surface area contributed by atoms with Gasteiger partial charge in [-0.05, 0) is 59.8 Å². The monoisotopic (exact) mass is 352 g/mol. The standard InChI is InChI=1S/C17H25BrN2O/c1-12-9-13(2)15(14(18)10-12)20-16(21)17(11-19)7-5-3-4-6-8-17/h9-10H,3-8,11,19H2,1-2H3,(H,20,21). The highest BCUT2D eigenvalue weighted by atomic mass is 79.9. The Kier molecular flexibility index (Phi) is 5.44. The molecule has 2 rings (SSSR count). The van der Waals surface area contributed by atoms with Crippen LogP contribution >= 0.6 is 15.9 Å². The van der Waals surface area contributed by atoms with Crippen molar-refractivity contribution in [3.8, 4) is 0 Å². The summed E-state index contributed by atoms with van der Waals surface area (Å²) in [7, 11) is 0. The van der Waals surface area contributed by atoms with Gasteiger partial charge in [-0.25, -0.2) is 0 Å². The lowest BCUT2D eigenvalue weighted by molar-refractivity contribution is -0.125. The van der Waals surface area contributed by atoms with Gasteiger partial charge in [-0.15, -0.1) is 0 Å². The van der Waals surface area contributed by atoms with Crippen molar-refractivity contribution in [2.75, 3.05) is 11.9 Å². The van der Waals surface area contributed by atoms with E-state index in [-0.39, 0.29) is 5.91 Å². The van der Waals surface area contributed by atoms with Crippen LogP contribution in [0.15, 0.2) is 16.6 Å². The number of benzene rings is 1. The van der Waals surface area contributed by atoms with Crippen molar-refractivity contribution in [1.29, 1.82) is 0 Å². The molecule has 1 amide bonds. The van der Waals surface area contributed by atoms with Gasteiger partial charge in [0, 0.05) is 11.0 Å². The van der Waals surface area contributed by atoms with Crippen LogP contribution in [0.1, 0.15) is 49.7 Å².